The van der Waals surface area contributed by atoms with Gasteiger partial charge in [-0.15, -0.1) is 0 Å². The second-order valence-corrected chi connectivity index (χ2v) is 6.58. The lowest BCUT2D eigenvalue weighted by Crippen LogP contribution is -2.55. The highest BCUT2D eigenvalue weighted by atomic mass is 16.5. The molecular formula is C19H21N3O3. The second-order valence-electron chi connectivity index (χ2n) is 6.58. The minimum atomic E-state index is -0.438. The zero-order valence-electron chi connectivity index (χ0n) is 14.2. The predicted octanol–water partition coefficient (Wildman–Crippen LogP) is 3.13. The van der Waals surface area contributed by atoms with Crippen LogP contribution in [-0.2, 0) is 6.54 Å². The van der Waals surface area contributed by atoms with Crippen LogP contribution in [0.3, 0.4) is 0 Å². The maximum absolute atomic E-state index is 12.5. The van der Waals surface area contributed by atoms with Crippen LogP contribution < -0.4 is 10.1 Å². The first kappa shape index (κ1) is 15.7. The van der Waals surface area contributed by atoms with E-state index in [0.29, 0.717) is 18.8 Å². The molecule has 1 saturated heterocycles. The molecule has 0 unspecified atom stereocenters. The summed E-state index contributed by atoms with van der Waals surface area (Å²) in [4.78, 5) is 18.4. The Morgan fingerprint density at radius 1 is 1.40 bits per heavy atom. The van der Waals surface area contributed by atoms with Crippen LogP contribution in [0.1, 0.15) is 29.9 Å². The van der Waals surface area contributed by atoms with Gasteiger partial charge >= 0.3 is 6.03 Å². The summed E-state index contributed by atoms with van der Waals surface area (Å²) < 4.78 is 11.5. The van der Waals surface area contributed by atoms with Crippen molar-refractivity contribution in [2.75, 3.05) is 13.1 Å². The normalized spacial score (nSPS) is 21.7. The van der Waals surface area contributed by atoms with Gasteiger partial charge in [0.1, 0.15) is 17.1 Å². The van der Waals surface area contributed by atoms with Gasteiger partial charge in [0.05, 0.1) is 18.8 Å². The number of hydrogen-bond donors (Lipinski definition) is 1. The highest BCUT2D eigenvalue weighted by Crippen LogP contribution is 2.35. The van der Waals surface area contributed by atoms with Crippen LogP contribution in [0.15, 0.2) is 41.2 Å². The van der Waals surface area contributed by atoms with Crippen molar-refractivity contribution in [3.63, 3.8) is 0 Å². The van der Waals surface area contributed by atoms with E-state index < -0.39 is 5.60 Å². The van der Waals surface area contributed by atoms with Crippen LogP contribution in [0.2, 0.25) is 0 Å². The van der Waals surface area contributed by atoms with Gasteiger partial charge in [-0.25, -0.2) is 9.78 Å². The van der Waals surface area contributed by atoms with Crippen LogP contribution in [0.25, 0.3) is 6.08 Å². The third kappa shape index (κ3) is 3.12. The molecule has 3 heterocycles. The highest BCUT2D eigenvalue weighted by Gasteiger charge is 2.39. The van der Waals surface area contributed by atoms with Crippen molar-refractivity contribution in [3.8, 4) is 5.75 Å². The first-order valence-electron chi connectivity index (χ1n) is 8.54. The highest BCUT2D eigenvalue weighted by molar-refractivity contribution is 5.74. The van der Waals surface area contributed by atoms with Gasteiger partial charge in [0.15, 0.2) is 6.39 Å². The van der Waals surface area contributed by atoms with E-state index >= 15 is 0 Å². The second kappa shape index (κ2) is 6.27. The van der Waals surface area contributed by atoms with E-state index in [0.717, 1.165) is 36.4 Å². The molecule has 2 amide bonds. The van der Waals surface area contributed by atoms with Crippen molar-refractivity contribution in [3.05, 3.63) is 53.8 Å². The molecule has 0 aliphatic carbocycles. The Balaban J connectivity index is 1.43. The quantitative estimate of drug-likeness (QED) is 0.913. The molecule has 1 aromatic carbocycles. The van der Waals surface area contributed by atoms with Crippen molar-refractivity contribution < 1.29 is 13.9 Å². The molecule has 6 heteroatoms. The Morgan fingerprint density at radius 3 is 3.12 bits per heavy atom. The minimum absolute atomic E-state index is 0.106. The van der Waals surface area contributed by atoms with Crippen LogP contribution in [0, 0.1) is 6.92 Å². The largest absolute Gasteiger partial charge is 0.481 e. The molecule has 2 aromatic rings. The molecule has 6 nitrogen and oxygen atoms in total. The van der Waals surface area contributed by atoms with E-state index in [9.17, 15) is 4.79 Å². The van der Waals surface area contributed by atoms with Crippen molar-refractivity contribution >= 4 is 12.1 Å². The summed E-state index contributed by atoms with van der Waals surface area (Å²) in [6.07, 6.45) is 7.39. The van der Waals surface area contributed by atoms with Gasteiger partial charge in [0.2, 0.25) is 0 Å². The smallest absolute Gasteiger partial charge is 0.317 e. The number of aryl methyl sites for hydroxylation is 1. The molecule has 2 aliphatic rings. The van der Waals surface area contributed by atoms with E-state index in [1.165, 1.54) is 6.39 Å². The molecule has 2 aliphatic heterocycles. The van der Waals surface area contributed by atoms with Gasteiger partial charge < -0.3 is 19.4 Å². The van der Waals surface area contributed by atoms with Gasteiger partial charge in [-0.2, -0.15) is 0 Å². The summed E-state index contributed by atoms with van der Waals surface area (Å²) >= 11 is 0. The third-order valence-electron chi connectivity index (χ3n) is 4.82. The number of nitrogens with one attached hydrogen (secondary N) is 1. The molecule has 0 bridgehead atoms. The molecule has 0 saturated carbocycles. The number of carbonyl (C=O) groups is 1. The molecule has 4 rings (SSSR count). The number of benzene rings is 1. The van der Waals surface area contributed by atoms with Crippen molar-refractivity contribution in [1.29, 1.82) is 0 Å². The summed E-state index contributed by atoms with van der Waals surface area (Å²) in [7, 11) is 0. The number of hydrogen-bond acceptors (Lipinski definition) is 4. The summed E-state index contributed by atoms with van der Waals surface area (Å²) in [5.74, 6) is 1.56. The van der Waals surface area contributed by atoms with Gasteiger partial charge in [0.25, 0.3) is 0 Å². The van der Waals surface area contributed by atoms with Crippen LogP contribution in [0.4, 0.5) is 4.79 Å². The number of aromatic nitrogens is 1. The lowest BCUT2D eigenvalue weighted by atomic mass is 9.89. The number of amides is 2. The first-order valence-corrected chi connectivity index (χ1v) is 8.54. The summed E-state index contributed by atoms with van der Waals surface area (Å²) in [6, 6.07) is 7.87. The molecule has 1 spiro atoms. The molecule has 25 heavy (non-hydrogen) atoms. The first-order chi connectivity index (χ1) is 12.2. The van der Waals surface area contributed by atoms with Gasteiger partial charge in [-0.1, -0.05) is 24.3 Å². The summed E-state index contributed by atoms with van der Waals surface area (Å²) in [5, 5.41) is 2.91. The fourth-order valence-corrected chi connectivity index (χ4v) is 3.41. The van der Waals surface area contributed by atoms with Crippen LogP contribution in [-0.4, -0.2) is 34.6 Å². The lowest BCUT2D eigenvalue weighted by molar-refractivity contribution is 0.0413. The maximum atomic E-state index is 12.5. The number of urea groups is 1. The molecule has 1 fully saturated rings. The molecule has 0 radical (unpaired) electrons. The topological polar surface area (TPSA) is 67.6 Å². The fraction of sp³-hybridized carbons (Fsp3) is 0.368. The van der Waals surface area contributed by atoms with Crippen molar-refractivity contribution in [1.82, 2.24) is 15.2 Å². The molecule has 130 valence electrons. The van der Waals surface area contributed by atoms with Gasteiger partial charge in [0, 0.05) is 12.1 Å². The SMILES string of the molecule is Cc1ncoc1CNC(=O)N1CCC[C@@]2(C=Cc3ccccc3O2)C1. The van der Waals surface area contributed by atoms with Crippen molar-refractivity contribution in [2.45, 2.75) is 31.9 Å². The van der Waals surface area contributed by atoms with Crippen LogP contribution in [0.5, 0.6) is 5.75 Å². The fourth-order valence-electron chi connectivity index (χ4n) is 3.41. The Kier molecular flexibility index (Phi) is 3.95. The number of carbonyl (C=O) groups excluding carboxylic acids is 1. The lowest BCUT2D eigenvalue weighted by Gasteiger charge is -2.42. The van der Waals surface area contributed by atoms with E-state index in [2.05, 4.69) is 22.5 Å². The number of fused-ring (bicyclic) bond motifs is 1. The van der Waals surface area contributed by atoms with E-state index in [1.807, 2.05) is 36.1 Å². The standard InChI is InChI=1S/C19H21N3O3/c1-14-17(24-13-21-14)11-20-18(23)22-10-4-8-19(12-22)9-7-15-5-2-3-6-16(15)25-19/h2-3,5-7,9,13H,4,8,10-12H2,1H3,(H,20,23)/t19-/m1/s1. The average Bonchev–Trinajstić information content (AvgIpc) is 3.04. The number of oxazole rings is 1. The summed E-state index contributed by atoms with van der Waals surface area (Å²) in [6.45, 7) is 3.47. The van der Waals surface area contributed by atoms with Gasteiger partial charge in [-0.3, -0.25) is 0 Å². The monoisotopic (exact) mass is 339 g/mol. The maximum Gasteiger partial charge on any atom is 0.317 e. The Morgan fingerprint density at radius 2 is 2.28 bits per heavy atom. The zero-order chi connectivity index (χ0) is 17.3. The Hall–Kier alpha value is -2.76. The van der Waals surface area contributed by atoms with Crippen molar-refractivity contribution in [2.24, 2.45) is 0 Å². The van der Waals surface area contributed by atoms with Gasteiger partial charge in [-0.05, 0) is 31.9 Å². The third-order valence-corrected chi connectivity index (χ3v) is 4.82. The van der Waals surface area contributed by atoms with E-state index in [1.54, 1.807) is 0 Å². The number of rotatable bonds is 2. The summed E-state index contributed by atoms with van der Waals surface area (Å²) in [5.41, 5.74) is 1.44. The Bertz CT molecular complexity index is 814. The van der Waals surface area contributed by atoms with Crippen LogP contribution >= 0.6 is 0 Å². The van der Waals surface area contributed by atoms with E-state index in [4.69, 9.17) is 9.15 Å². The molecule has 1 N–H and O–H groups in total. The number of piperidine rings is 1. The minimum Gasteiger partial charge on any atom is -0.481 e. The number of likely N-dealkylation sites (tertiary alicyclic amines) is 1. The average molecular weight is 339 g/mol. The molecule has 1 aromatic heterocycles. The zero-order valence-corrected chi connectivity index (χ0v) is 14.2. The number of para-hydroxylation sites is 1. The molecule has 1 atom stereocenters. The Labute approximate surface area is 146 Å². The number of ether oxygens (including phenoxy) is 1. The number of nitrogens with zero attached hydrogens (tertiary/aromatic N) is 2. The predicted molar refractivity (Wildman–Crippen MR) is 93.1 cm³/mol. The van der Waals surface area contributed by atoms with E-state index in [-0.39, 0.29) is 6.03 Å². The molecular weight excluding hydrogens is 318 g/mol.